The lowest BCUT2D eigenvalue weighted by Gasteiger charge is -2.29. The van der Waals surface area contributed by atoms with Crippen molar-refractivity contribution in [2.45, 2.75) is 51.6 Å². The van der Waals surface area contributed by atoms with Gasteiger partial charge in [-0.15, -0.1) is 0 Å². The number of ether oxygens (including phenoxy) is 2. The van der Waals surface area contributed by atoms with Gasteiger partial charge in [-0.3, -0.25) is 4.79 Å². The monoisotopic (exact) mass is 463 g/mol. The Morgan fingerprint density at radius 3 is 2.33 bits per heavy atom. The van der Waals surface area contributed by atoms with E-state index in [0.717, 1.165) is 24.4 Å². The van der Waals surface area contributed by atoms with E-state index in [2.05, 4.69) is 15.6 Å². The molecular weight excluding hydrogens is 439 g/mol. The predicted octanol–water partition coefficient (Wildman–Crippen LogP) is 4.98. The van der Waals surface area contributed by atoms with Gasteiger partial charge in [0.05, 0.1) is 6.20 Å². The van der Waals surface area contributed by atoms with Crippen LogP contribution in [0.15, 0.2) is 42.3 Å². The smallest absolute Gasteiger partial charge is 0.412 e. The molecule has 1 aromatic carbocycles. The second-order valence-electron chi connectivity index (χ2n) is 7.64. The normalized spacial score (nSPS) is 18.4. The number of halogens is 3. The number of hydrogen-bond acceptors (Lipinski definition) is 5. The van der Waals surface area contributed by atoms with Crippen molar-refractivity contribution in [3.8, 4) is 11.6 Å². The molecule has 2 amide bonds. The van der Waals surface area contributed by atoms with E-state index in [1.165, 1.54) is 6.07 Å². The largest absolute Gasteiger partial charge is 0.438 e. The number of rotatable bonds is 6. The molecule has 2 aromatic rings. The molecule has 0 radical (unpaired) electrons. The van der Waals surface area contributed by atoms with E-state index < -0.39 is 29.5 Å². The Morgan fingerprint density at radius 2 is 1.70 bits per heavy atom. The fraction of sp³-hybridized carbons (Fsp3) is 0.348. The minimum absolute atomic E-state index is 0.0848. The van der Waals surface area contributed by atoms with E-state index in [9.17, 15) is 22.8 Å². The van der Waals surface area contributed by atoms with Crippen LogP contribution >= 0.6 is 0 Å². The molecule has 0 saturated heterocycles. The van der Waals surface area contributed by atoms with Crippen molar-refractivity contribution < 1.29 is 32.2 Å². The van der Waals surface area contributed by atoms with Crippen molar-refractivity contribution in [1.82, 2.24) is 15.6 Å². The van der Waals surface area contributed by atoms with Crippen LogP contribution in [0.3, 0.4) is 0 Å². The molecule has 1 saturated carbocycles. The van der Waals surface area contributed by atoms with Gasteiger partial charge in [0.25, 0.3) is 5.91 Å². The highest BCUT2D eigenvalue weighted by Crippen LogP contribution is 2.26. The zero-order valence-electron chi connectivity index (χ0n) is 18.2. The van der Waals surface area contributed by atoms with Gasteiger partial charge in [0.2, 0.25) is 5.88 Å². The van der Waals surface area contributed by atoms with Crippen LogP contribution in [0.1, 0.15) is 49.9 Å². The number of allylic oxidation sites excluding steroid dienone is 2. The summed E-state index contributed by atoms with van der Waals surface area (Å²) in [5.74, 6) is -3.37. The first-order valence-electron chi connectivity index (χ1n) is 10.5. The lowest BCUT2D eigenvalue weighted by Crippen LogP contribution is -2.44. The summed E-state index contributed by atoms with van der Waals surface area (Å²) in [5.41, 5.74) is -0.176. The van der Waals surface area contributed by atoms with Gasteiger partial charge < -0.3 is 20.1 Å². The molecule has 1 aromatic heterocycles. The fourth-order valence-electron chi connectivity index (χ4n) is 3.37. The summed E-state index contributed by atoms with van der Waals surface area (Å²) >= 11 is 0. The van der Waals surface area contributed by atoms with E-state index in [1.54, 1.807) is 19.9 Å². The number of benzene rings is 1. The number of nitrogens with one attached hydrogen (secondary N) is 2. The summed E-state index contributed by atoms with van der Waals surface area (Å²) in [6.07, 6.45) is 4.42. The van der Waals surface area contributed by atoms with Crippen molar-refractivity contribution in [1.29, 1.82) is 0 Å². The number of pyridine rings is 1. The van der Waals surface area contributed by atoms with Crippen LogP contribution in [0.5, 0.6) is 11.6 Å². The molecule has 0 spiro atoms. The standard InChI is InChI=1S/C23H24F3N3O4/c1-3-13(2)32-23(31)29-16-6-4-15(5-7-16)28-21(30)18-10-14(24)12-27-22(18)33-17-8-9-19(25)20(26)11-17/h3,8-12,15-16H,4-7H2,1-2H3,(H,28,30)(H,29,31)/b13-3-. The van der Waals surface area contributed by atoms with Crippen molar-refractivity contribution >= 4 is 12.0 Å². The van der Waals surface area contributed by atoms with Crippen LogP contribution in [0.4, 0.5) is 18.0 Å². The molecular formula is C23H24F3N3O4. The van der Waals surface area contributed by atoms with Crippen LogP contribution in [-0.2, 0) is 4.74 Å². The van der Waals surface area contributed by atoms with Crippen LogP contribution in [0.2, 0.25) is 0 Å². The number of hydrogen-bond donors (Lipinski definition) is 2. The van der Waals surface area contributed by atoms with Gasteiger partial charge in [0.1, 0.15) is 22.9 Å². The Labute approximate surface area is 189 Å². The number of aromatic nitrogens is 1. The van der Waals surface area contributed by atoms with E-state index in [-0.39, 0.29) is 29.3 Å². The van der Waals surface area contributed by atoms with Crippen LogP contribution < -0.4 is 15.4 Å². The minimum atomic E-state index is -1.13. The van der Waals surface area contributed by atoms with Gasteiger partial charge in [-0.1, -0.05) is 0 Å². The van der Waals surface area contributed by atoms with Crippen molar-refractivity contribution in [2.24, 2.45) is 0 Å². The molecule has 1 heterocycles. The highest BCUT2D eigenvalue weighted by Gasteiger charge is 2.26. The first-order valence-corrected chi connectivity index (χ1v) is 10.5. The molecule has 0 bridgehead atoms. The summed E-state index contributed by atoms with van der Waals surface area (Å²) in [4.78, 5) is 28.4. The summed E-state index contributed by atoms with van der Waals surface area (Å²) in [6, 6.07) is 3.52. The second-order valence-corrected chi connectivity index (χ2v) is 7.64. The lowest BCUT2D eigenvalue weighted by atomic mass is 9.91. The fourth-order valence-corrected chi connectivity index (χ4v) is 3.37. The number of carbonyl (C=O) groups is 2. The summed E-state index contributed by atoms with van der Waals surface area (Å²) in [7, 11) is 0. The second kappa shape index (κ2) is 10.8. The number of alkyl carbamates (subject to hydrolysis) is 1. The predicted molar refractivity (Wildman–Crippen MR) is 113 cm³/mol. The quantitative estimate of drug-likeness (QED) is 0.590. The zero-order valence-corrected chi connectivity index (χ0v) is 18.2. The molecule has 0 atom stereocenters. The average Bonchev–Trinajstić information content (AvgIpc) is 2.78. The molecule has 10 heteroatoms. The van der Waals surface area contributed by atoms with Crippen LogP contribution in [0, 0.1) is 17.5 Å². The Morgan fingerprint density at radius 1 is 1.03 bits per heavy atom. The highest BCUT2D eigenvalue weighted by molar-refractivity contribution is 5.96. The molecule has 0 aliphatic heterocycles. The molecule has 1 aliphatic carbocycles. The summed E-state index contributed by atoms with van der Waals surface area (Å²) < 4.78 is 50.8. The van der Waals surface area contributed by atoms with Gasteiger partial charge >= 0.3 is 6.09 Å². The lowest BCUT2D eigenvalue weighted by molar-refractivity contribution is 0.0919. The first kappa shape index (κ1) is 24.1. The third kappa shape index (κ3) is 6.71. The highest BCUT2D eigenvalue weighted by atomic mass is 19.2. The molecule has 7 nitrogen and oxygen atoms in total. The topological polar surface area (TPSA) is 89.6 Å². The Balaban J connectivity index is 1.60. The van der Waals surface area contributed by atoms with Gasteiger partial charge in [0.15, 0.2) is 11.6 Å². The molecule has 176 valence electrons. The van der Waals surface area contributed by atoms with E-state index >= 15 is 0 Å². The maximum Gasteiger partial charge on any atom is 0.412 e. The average molecular weight is 463 g/mol. The van der Waals surface area contributed by atoms with Crippen LogP contribution in [0.25, 0.3) is 0 Å². The first-order chi connectivity index (χ1) is 15.7. The SMILES string of the molecule is C/C=C(/C)OC(=O)NC1CCC(NC(=O)c2cc(F)cnc2Oc2ccc(F)c(F)c2)CC1. The minimum Gasteiger partial charge on any atom is -0.438 e. The van der Waals surface area contributed by atoms with E-state index in [4.69, 9.17) is 9.47 Å². The van der Waals surface area contributed by atoms with Gasteiger partial charge in [-0.25, -0.2) is 22.9 Å². The summed E-state index contributed by atoms with van der Waals surface area (Å²) in [5, 5.41) is 5.60. The Hall–Kier alpha value is -3.56. The van der Waals surface area contributed by atoms with Crippen LogP contribution in [-0.4, -0.2) is 29.1 Å². The maximum atomic E-state index is 13.8. The van der Waals surface area contributed by atoms with Crippen molar-refractivity contribution in [3.05, 3.63) is 65.3 Å². The number of carbonyl (C=O) groups excluding carboxylic acids is 2. The van der Waals surface area contributed by atoms with Crippen molar-refractivity contribution in [3.63, 3.8) is 0 Å². The van der Waals surface area contributed by atoms with Gasteiger partial charge in [-0.2, -0.15) is 0 Å². The third-order valence-corrected chi connectivity index (χ3v) is 5.21. The van der Waals surface area contributed by atoms with Crippen molar-refractivity contribution in [2.75, 3.05) is 0 Å². The molecule has 1 aliphatic rings. The molecule has 0 unspecified atom stereocenters. The Kier molecular flexibility index (Phi) is 7.92. The molecule has 33 heavy (non-hydrogen) atoms. The van der Waals surface area contributed by atoms with Gasteiger partial charge in [-0.05, 0) is 63.8 Å². The number of amides is 2. The summed E-state index contributed by atoms with van der Waals surface area (Å²) in [6.45, 7) is 3.44. The van der Waals surface area contributed by atoms with E-state index in [0.29, 0.717) is 31.4 Å². The zero-order chi connectivity index (χ0) is 24.0. The third-order valence-electron chi connectivity index (χ3n) is 5.21. The number of nitrogens with zero attached hydrogens (tertiary/aromatic N) is 1. The van der Waals surface area contributed by atoms with Gasteiger partial charge in [0, 0.05) is 18.2 Å². The molecule has 3 rings (SSSR count). The van der Waals surface area contributed by atoms with E-state index in [1.807, 2.05) is 0 Å². The maximum absolute atomic E-state index is 13.8. The molecule has 2 N–H and O–H groups in total. The molecule has 1 fully saturated rings. The Bertz CT molecular complexity index is 1050.